The van der Waals surface area contributed by atoms with E-state index in [-0.39, 0.29) is 17.2 Å². The zero-order chi connectivity index (χ0) is 15.4. The number of rotatable bonds is 3. The molecule has 7 heteroatoms. The number of carbonyl (C=O) groups excluding carboxylic acids is 1. The van der Waals surface area contributed by atoms with Crippen LogP contribution in [-0.2, 0) is 0 Å². The van der Waals surface area contributed by atoms with Crippen LogP contribution < -0.4 is 10.1 Å². The Bertz CT molecular complexity index is 698. The number of benzene rings is 2. The summed E-state index contributed by atoms with van der Waals surface area (Å²) < 4.78 is 4.89. The number of amides is 1. The normalized spacial score (nSPS) is 9.90. The fourth-order valence-electron chi connectivity index (χ4n) is 1.66. The number of carboxylic acids is 1. The van der Waals surface area contributed by atoms with E-state index in [1.54, 1.807) is 0 Å². The molecule has 21 heavy (non-hydrogen) atoms. The number of phenols is 2. The van der Waals surface area contributed by atoms with Crippen molar-refractivity contribution in [1.82, 2.24) is 0 Å². The van der Waals surface area contributed by atoms with E-state index in [1.165, 1.54) is 42.5 Å². The average Bonchev–Trinajstić information content (AvgIpc) is 2.37. The van der Waals surface area contributed by atoms with Crippen molar-refractivity contribution < 1.29 is 29.6 Å². The van der Waals surface area contributed by atoms with Crippen LogP contribution in [0.2, 0.25) is 0 Å². The highest BCUT2D eigenvalue weighted by molar-refractivity contribution is 6.01. The van der Waals surface area contributed by atoms with Gasteiger partial charge >= 0.3 is 12.1 Å². The molecule has 0 spiro atoms. The Kier molecular flexibility index (Phi) is 3.94. The predicted molar refractivity (Wildman–Crippen MR) is 72.8 cm³/mol. The molecule has 1 amide bonds. The molecule has 0 aromatic heterocycles. The van der Waals surface area contributed by atoms with Crippen molar-refractivity contribution in [2.24, 2.45) is 0 Å². The van der Waals surface area contributed by atoms with E-state index >= 15 is 0 Å². The monoisotopic (exact) mass is 289 g/mol. The highest BCUT2D eigenvalue weighted by atomic mass is 16.6. The van der Waals surface area contributed by atoms with E-state index in [1.807, 2.05) is 0 Å². The second-order valence-corrected chi connectivity index (χ2v) is 4.02. The van der Waals surface area contributed by atoms with Crippen molar-refractivity contribution in [3.63, 3.8) is 0 Å². The van der Waals surface area contributed by atoms with Gasteiger partial charge in [0.1, 0.15) is 22.8 Å². The van der Waals surface area contributed by atoms with E-state index in [0.717, 1.165) is 0 Å². The summed E-state index contributed by atoms with van der Waals surface area (Å²) in [5, 5.41) is 30.0. The Labute approximate surface area is 119 Å². The summed E-state index contributed by atoms with van der Waals surface area (Å²) in [5.74, 6) is -1.85. The van der Waals surface area contributed by atoms with Gasteiger partial charge in [-0.2, -0.15) is 0 Å². The fraction of sp³-hybridized carbons (Fsp3) is 0. The van der Waals surface area contributed by atoms with Crippen molar-refractivity contribution in [2.75, 3.05) is 5.32 Å². The molecule has 7 nitrogen and oxygen atoms in total. The summed E-state index contributed by atoms with van der Waals surface area (Å²) in [6.07, 6.45) is -0.950. The highest BCUT2D eigenvalue weighted by Crippen LogP contribution is 2.26. The maximum absolute atomic E-state index is 11.7. The summed E-state index contributed by atoms with van der Waals surface area (Å²) in [4.78, 5) is 22.7. The number of carbonyl (C=O) groups is 2. The van der Waals surface area contributed by atoms with Gasteiger partial charge < -0.3 is 20.1 Å². The van der Waals surface area contributed by atoms with Crippen LogP contribution >= 0.6 is 0 Å². The zero-order valence-electron chi connectivity index (χ0n) is 10.6. The van der Waals surface area contributed by atoms with Crippen LogP contribution in [0.3, 0.4) is 0 Å². The predicted octanol–water partition coefficient (Wildman–Crippen LogP) is 2.41. The highest BCUT2D eigenvalue weighted by Gasteiger charge is 2.17. The van der Waals surface area contributed by atoms with Gasteiger partial charge in [-0.3, -0.25) is 5.32 Å². The van der Waals surface area contributed by atoms with Crippen molar-refractivity contribution in [1.29, 1.82) is 0 Å². The molecular formula is C14H11NO6. The van der Waals surface area contributed by atoms with Gasteiger partial charge in [0.15, 0.2) is 0 Å². The van der Waals surface area contributed by atoms with E-state index in [2.05, 4.69) is 5.32 Å². The molecule has 0 aliphatic carbocycles. The number of hydrogen-bond donors (Lipinski definition) is 4. The third kappa shape index (κ3) is 3.41. The minimum Gasteiger partial charge on any atom is -0.508 e. The topological polar surface area (TPSA) is 116 Å². The SMILES string of the molecule is O=C(Nc1cccc(O)c1C(=O)O)Oc1cccc(O)c1. The van der Waals surface area contributed by atoms with Crippen LogP contribution in [0.25, 0.3) is 0 Å². The Morgan fingerprint density at radius 2 is 1.76 bits per heavy atom. The molecule has 108 valence electrons. The van der Waals surface area contributed by atoms with Crippen molar-refractivity contribution in [3.05, 3.63) is 48.0 Å². The first-order valence-corrected chi connectivity index (χ1v) is 5.80. The first kappa shape index (κ1) is 14.2. The molecule has 2 aromatic carbocycles. The Morgan fingerprint density at radius 1 is 1.05 bits per heavy atom. The quantitative estimate of drug-likeness (QED) is 0.689. The molecule has 0 saturated heterocycles. The first-order chi connectivity index (χ1) is 9.97. The second-order valence-electron chi connectivity index (χ2n) is 4.02. The molecule has 2 aromatic rings. The van der Waals surface area contributed by atoms with Crippen molar-refractivity contribution in [3.8, 4) is 17.2 Å². The Morgan fingerprint density at radius 3 is 2.43 bits per heavy atom. The molecule has 0 heterocycles. The lowest BCUT2D eigenvalue weighted by molar-refractivity contribution is 0.0695. The minimum atomic E-state index is -1.39. The number of ether oxygens (including phenoxy) is 1. The van der Waals surface area contributed by atoms with Crippen LogP contribution in [0.4, 0.5) is 10.5 Å². The van der Waals surface area contributed by atoms with Crippen LogP contribution in [0.15, 0.2) is 42.5 Å². The minimum absolute atomic E-state index is 0.0797. The number of phenolic OH excluding ortho intramolecular Hbond substituents is 1. The van der Waals surface area contributed by atoms with E-state index in [9.17, 15) is 19.8 Å². The summed E-state index contributed by atoms with van der Waals surface area (Å²) >= 11 is 0. The smallest absolute Gasteiger partial charge is 0.417 e. The van der Waals surface area contributed by atoms with Gasteiger partial charge in [0.25, 0.3) is 0 Å². The molecule has 4 N–H and O–H groups in total. The number of nitrogens with one attached hydrogen (secondary N) is 1. The molecule has 0 aliphatic heterocycles. The molecule has 0 atom stereocenters. The van der Waals surface area contributed by atoms with Crippen molar-refractivity contribution in [2.45, 2.75) is 0 Å². The molecule has 0 saturated carbocycles. The van der Waals surface area contributed by atoms with Crippen LogP contribution in [0, 0.1) is 0 Å². The lowest BCUT2D eigenvalue weighted by Crippen LogP contribution is -2.18. The third-order valence-electron chi connectivity index (χ3n) is 2.52. The molecule has 2 rings (SSSR count). The molecule has 0 aliphatic rings. The van der Waals surface area contributed by atoms with Crippen LogP contribution in [0.1, 0.15) is 10.4 Å². The van der Waals surface area contributed by atoms with Gasteiger partial charge in [0.2, 0.25) is 0 Å². The maximum Gasteiger partial charge on any atom is 0.417 e. The Balaban J connectivity index is 2.17. The van der Waals surface area contributed by atoms with Crippen LogP contribution in [-0.4, -0.2) is 27.4 Å². The second kappa shape index (κ2) is 5.83. The van der Waals surface area contributed by atoms with Gasteiger partial charge in [0, 0.05) is 6.07 Å². The van der Waals surface area contributed by atoms with Gasteiger partial charge in [-0.15, -0.1) is 0 Å². The maximum atomic E-state index is 11.7. The summed E-state index contributed by atoms with van der Waals surface area (Å²) in [6, 6.07) is 9.44. The molecular weight excluding hydrogens is 278 g/mol. The van der Waals surface area contributed by atoms with Crippen molar-refractivity contribution >= 4 is 17.7 Å². The van der Waals surface area contributed by atoms with Crippen LogP contribution in [0.5, 0.6) is 17.2 Å². The number of anilines is 1. The Hall–Kier alpha value is -3.22. The number of carboxylic acid groups (broad SMARTS) is 1. The van der Waals surface area contributed by atoms with E-state index in [4.69, 9.17) is 9.84 Å². The zero-order valence-corrected chi connectivity index (χ0v) is 10.6. The standard InChI is InChI=1S/C14H11NO6/c16-8-3-1-4-9(7-8)21-14(20)15-10-5-2-6-11(17)12(10)13(18)19/h1-7,16-17H,(H,15,20)(H,18,19). The summed E-state index contributed by atoms with van der Waals surface area (Å²) in [6.45, 7) is 0. The first-order valence-electron chi connectivity index (χ1n) is 5.80. The lowest BCUT2D eigenvalue weighted by atomic mass is 10.1. The molecule has 0 radical (unpaired) electrons. The molecule has 0 unspecified atom stereocenters. The summed E-state index contributed by atoms with van der Waals surface area (Å²) in [7, 11) is 0. The number of hydrogen-bond acceptors (Lipinski definition) is 5. The van der Waals surface area contributed by atoms with E-state index in [0.29, 0.717) is 0 Å². The van der Waals surface area contributed by atoms with Gasteiger partial charge in [-0.25, -0.2) is 9.59 Å². The molecule has 0 fully saturated rings. The van der Waals surface area contributed by atoms with Gasteiger partial charge in [-0.1, -0.05) is 12.1 Å². The molecule has 0 bridgehead atoms. The van der Waals surface area contributed by atoms with E-state index < -0.39 is 23.4 Å². The summed E-state index contributed by atoms with van der Waals surface area (Å²) in [5.41, 5.74) is -0.544. The number of aromatic carboxylic acids is 1. The third-order valence-corrected chi connectivity index (χ3v) is 2.52. The fourth-order valence-corrected chi connectivity index (χ4v) is 1.66. The number of aromatic hydroxyl groups is 2. The van der Waals surface area contributed by atoms with Gasteiger partial charge in [0.05, 0.1) is 5.69 Å². The lowest BCUT2D eigenvalue weighted by Gasteiger charge is -2.10. The average molecular weight is 289 g/mol. The van der Waals surface area contributed by atoms with Gasteiger partial charge in [-0.05, 0) is 24.3 Å². The largest absolute Gasteiger partial charge is 0.508 e.